The van der Waals surface area contributed by atoms with E-state index in [4.69, 9.17) is 0 Å². The quantitative estimate of drug-likeness (QED) is 0.602. The van der Waals surface area contributed by atoms with Crippen LogP contribution in [0.5, 0.6) is 0 Å². The Morgan fingerprint density at radius 1 is 1.08 bits per heavy atom. The minimum Gasteiger partial charge on any atom is -0.305 e. The van der Waals surface area contributed by atoms with Crippen LogP contribution in [0.2, 0.25) is 0 Å². The number of nitrogens with zero attached hydrogens (tertiary/aromatic N) is 3. The van der Waals surface area contributed by atoms with Crippen molar-refractivity contribution in [2.75, 3.05) is 5.32 Å². The van der Waals surface area contributed by atoms with Crippen LogP contribution in [0.15, 0.2) is 61.1 Å². The van der Waals surface area contributed by atoms with Crippen LogP contribution in [-0.4, -0.2) is 26.1 Å². The Kier molecular flexibility index (Phi) is 3.70. The minimum atomic E-state index is -0.298. The molecule has 122 valence electrons. The van der Waals surface area contributed by atoms with Crippen molar-refractivity contribution in [1.29, 1.82) is 0 Å². The maximum atomic E-state index is 12.6. The first-order chi connectivity index (χ1) is 12.2. The van der Waals surface area contributed by atoms with Crippen molar-refractivity contribution in [2.45, 2.75) is 6.92 Å². The second kappa shape index (κ2) is 6.16. The molecule has 0 bridgehead atoms. The van der Waals surface area contributed by atoms with Crippen LogP contribution in [0.25, 0.3) is 22.0 Å². The van der Waals surface area contributed by atoms with Gasteiger partial charge in [-0.05, 0) is 48.4 Å². The standard InChI is InChI=1S/C19H15N5O/c1-12-6-8-21-17(9-12)22-19(25)18-15-10-13(4-5-16(15)23-24-18)14-3-2-7-20-11-14/h2-11H,1H3,(H,23,24)(H,21,22,25). The Bertz CT molecular complexity index is 1060. The average Bonchev–Trinajstić information content (AvgIpc) is 3.06. The Balaban J connectivity index is 1.71. The SMILES string of the molecule is Cc1ccnc(NC(=O)c2n[nH]c3ccc(-c4cccnc4)cc23)c1. The van der Waals surface area contributed by atoms with E-state index in [0.717, 1.165) is 27.6 Å². The summed E-state index contributed by atoms with van der Waals surface area (Å²) >= 11 is 0. The maximum absolute atomic E-state index is 12.6. The highest BCUT2D eigenvalue weighted by molar-refractivity contribution is 6.11. The lowest BCUT2D eigenvalue weighted by Crippen LogP contribution is -2.13. The van der Waals surface area contributed by atoms with E-state index in [1.54, 1.807) is 18.6 Å². The average molecular weight is 329 g/mol. The predicted molar refractivity (Wildman–Crippen MR) is 96.3 cm³/mol. The molecule has 0 aliphatic carbocycles. The summed E-state index contributed by atoms with van der Waals surface area (Å²) in [6.45, 7) is 1.95. The fraction of sp³-hybridized carbons (Fsp3) is 0.0526. The van der Waals surface area contributed by atoms with E-state index in [9.17, 15) is 4.79 Å². The smallest absolute Gasteiger partial charge is 0.277 e. The van der Waals surface area contributed by atoms with Crippen LogP contribution in [0, 0.1) is 6.92 Å². The predicted octanol–water partition coefficient (Wildman–Crippen LogP) is 3.58. The van der Waals surface area contributed by atoms with Crippen LogP contribution >= 0.6 is 0 Å². The summed E-state index contributed by atoms with van der Waals surface area (Å²) in [6, 6.07) is 13.4. The van der Waals surface area contributed by atoms with Gasteiger partial charge in [0.05, 0.1) is 5.52 Å². The van der Waals surface area contributed by atoms with Gasteiger partial charge in [-0.2, -0.15) is 5.10 Å². The number of amides is 1. The number of aromatic amines is 1. The van der Waals surface area contributed by atoms with Gasteiger partial charge in [0, 0.05) is 29.5 Å². The molecule has 0 saturated carbocycles. The van der Waals surface area contributed by atoms with Crippen molar-refractivity contribution in [3.8, 4) is 11.1 Å². The number of hydrogen-bond donors (Lipinski definition) is 2. The number of H-pyrrole nitrogens is 1. The highest BCUT2D eigenvalue weighted by atomic mass is 16.2. The molecule has 0 aliphatic rings. The van der Waals surface area contributed by atoms with Crippen molar-refractivity contribution < 1.29 is 4.79 Å². The van der Waals surface area contributed by atoms with Gasteiger partial charge in [-0.3, -0.25) is 14.9 Å². The van der Waals surface area contributed by atoms with Crippen LogP contribution in [0.1, 0.15) is 16.1 Å². The molecule has 0 unspecified atom stereocenters. The fourth-order valence-corrected chi connectivity index (χ4v) is 2.68. The van der Waals surface area contributed by atoms with Gasteiger partial charge in [-0.25, -0.2) is 4.98 Å². The summed E-state index contributed by atoms with van der Waals surface area (Å²) in [6.07, 6.45) is 5.18. The highest BCUT2D eigenvalue weighted by Crippen LogP contribution is 2.25. The normalized spacial score (nSPS) is 10.8. The molecule has 0 spiro atoms. The van der Waals surface area contributed by atoms with Gasteiger partial charge in [0.1, 0.15) is 5.82 Å². The number of fused-ring (bicyclic) bond motifs is 1. The molecule has 2 N–H and O–H groups in total. The number of rotatable bonds is 3. The van der Waals surface area contributed by atoms with E-state index >= 15 is 0 Å². The van der Waals surface area contributed by atoms with E-state index in [1.807, 2.05) is 49.4 Å². The number of benzene rings is 1. The zero-order chi connectivity index (χ0) is 17.2. The third-order valence-corrected chi connectivity index (χ3v) is 3.93. The third-order valence-electron chi connectivity index (χ3n) is 3.93. The number of carbonyl (C=O) groups excluding carboxylic acids is 1. The molecule has 25 heavy (non-hydrogen) atoms. The van der Waals surface area contributed by atoms with Crippen molar-refractivity contribution in [3.63, 3.8) is 0 Å². The van der Waals surface area contributed by atoms with Gasteiger partial charge in [0.15, 0.2) is 5.69 Å². The molecular weight excluding hydrogens is 314 g/mol. The summed E-state index contributed by atoms with van der Waals surface area (Å²) < 4.78 is 0. The second-order valence-corrected chi connectivity index (χ2v) is 5.75. The van der Waals surface area contributed by atoms with E-state index in [0.29, 0.717) is 11.5 Å². The molecule has 0 atom stereocenters. The van der Waals surface area contributed by atoms with Gasteiger partial charge in [0.25, 0.3) is 5.91 Å². The molecule has 4 aromatic rings. The number of pyridine rings is 2. The van der Waals surface area contributed by atoms with Crippen LogP contribution in [0.4, 0.5) is 5.82 Å². The zero-order valence-corrected chi connectivity index (χ0v) is 13.5. The second-order valence-electron chi connectivity index (χ2n) is 5.75. The van der Waals surface area contributed by atoms with Gasteiger partial charge in [-0.15, -0.1) is 0 Å². The maximum Gasteiger partial charge on any atom is 0.277 e. The first-order valence-electron chi connectivity index (χ1n) is 7.83. The van der Waals surface area contributed by atoms with Crippen molar-refractivity contribution >= 4 is 22.6 Å². The summed E-state index contributed by atoms with van der Waals surface area (Å²) in [5, 5.41) is 10.6. The topological polar surface area (TPSA) is 83.6 Å². The third kappa shape index (κ3) is 2.97. The van der Waals surface area contributed by atoms with Gasteiger partial charge in [-0.1, -0.05) is 12.1 Å². The minimum absolute atomic E-state index is 0.298. The number of hydrogen-bond acceptors (Lipinski definition) is 4. The Morgan fingerprint density at radius 2 is 2.00 bits per heavy atom. The molecule has 0 fully saturated rings. The lowest BCUT2D eigenvalue weighted by Gasteiger charge is -2.04. The summed E-state index contributed by atoms with van der Waals surface area (Å²) in [5.41, 5.74) is 4.12. The summed E-state index contributed by atoms with van der Waals surface area (Å²) in [4.78, 5) is 20.9. The molecule has 0 radical (unpaired) electrons. The van der Waals surface area contributed by atoms with E-state index in [2.05, 4.69) is 25.5 Å². The number of anilines is 1. The first-order valence-corrected chi connectivity index (χ1v) is 7.83. The van der Waals surface area contributed by atoms with Crippen LogP contribution < -0.4 is 5.32 Å². The van der Waals surface area contributed by atoms with Crippen LogP contribution in [0.3, 0.4) is 0 Å². The number of aromatic nitrogens is 4. The van der Waals surface area contributed by atoms with E-state index < -0.39 is 0 Å². The lowest BCUT2D eigenvalue weighted by atomic mass is 10.0. The lowest BCUT2D eigenvalue weighted by molar-refractivity contribution is 0.102. The van der Waals surface area contributed by atoms with Crippen molar-refractivity contribution in [2.24, 2.45) is 0 Å². The highest BCUT2D eigenvalue weighted by Gasteiger charge is 2.15. The molecule has 6 heteroatoms. The first kappa shape index (κ1) is 15.0. The molecule has 3 heterocycles. The van der Waals surface area contributed by atoms with E-state index in [-0.39, 0.29) is 5.91 Å². The molecule has 0 aliphatic heterocycles. The number of carbonyl (C=O) groups is 1. The Hall–Kier alpha value is -3.54. The molecule has 0 saturated heterocycles. The Labute approximate surface area is 144 Å². The van der Waals surface area contributed by atoms with Gasteiger partial charge < -0.3 is 5.32 Å². The van der Waals surface area contributed by atoms with E-state index in [1.165, 1.54) is 0 Å². The molecule has 1 aromatic carbocycles. The molecule has 3 aromatic heterocycles. The van der Waals surface area contributed by atoms with Crippen LogP contribution in [-0.2, 0) is 0 Å². The largest absolute Gasteiger partial charge is 0.305 e. The summed E-state index contributed by atoms with van der Waals surface area (Å²) in [5.74, 6) is 0.206. The van der Waals surface area contributed by atoms with Gasteiger partial charge >= 0.3 is 0 Å². The number of aryl methyl sites for hydroxylation is 1. The van der Waals surface area contributed by atoms with Gasteiger partial charge in [0.2, 0.25) is 0 Å². The zero-order valence-electron chi connectivity index (χ0n) is 13.5. The monoisotopic (exact) mass is 329 g/mol. The van der Waals surface area contributed by atoms with Crippen molar-refractivity contribution in [3.05, 3.63) is 72.3 Å². The summed E-state index contributed by atoms with van der Waals surface area (Å²) in [7, 11) is 0. The molecular formula is C19H15N5O. The molecule has 6 nitrogen and oxygen atoms in total. The fourth-order valence-electron chi connectivity index (χ4n) is 2.68. The molecule has 4 rings (SSSR count). The Morgan fingerprint density at radius 3 is 2.80 bits per heavy atom. The number of nitrogens with one attached hydrogen (secondary N) is 2. The van der Waals surface area contributed by atoms with Crippen molar-refractivity contribution in [1.82, 2.24) is 20.2 Å². The molecule has 1 amide bonds.